The van der Waals surface area contributed by atoms with Crippen LogP contribution in [0.15, 0.2) is 12.2 Å². The maximum atomic E-state index is 12.7. The van der Waals surface area contributed by atoms with Gasteiger partial charge in [0.05, 0.1) is 17.9 Å². The van der Waals surface area contributed by atoms with Gasteiger partial charge in [-0.3, -0.25) is 9.35 Å². The van der Waals surface area contributed by atoms with E-state index >= 15 is 0 Å². The molecule has 0 rings (SSSR count). The molecular weight excluding hydrogens is 695 g/mol. The van der Waals surface area contributed by atoms with E-state index in [9.17, 15) is 28.0 Å². The number of hydrogen-bond acceptors (Lipinski definition) is 5. The van der Waals surface area contributed by atoms with Crippen LogP contribution in [0.2, 0.25) is 0 Å². The number of hydrogen-bond donors (Lipinski definition) is 4. The van der Waals surface area contributed by atoms with Crippen molar-refractivity contribution in [2.45, 2.75) is 270 Å². The van der Waals surface area contributed by atoms with Crippen molar-refractivity contribution in [3.63, 3.8) is 0 Å². The molecule has 7 nitrogen and oxygen atoms in total. The molecule has 4 N–H and O–H groups in total. The summed E-state index contributed by atoms with van der Waals surface area (Å²) in [5, 5.41) is 23.6. The Balaban J connectivity index is 3.89. The van der Waals surface area contributed by atoms with Crippen molar-refractivity contribution >= 4 is 16.0 Å². The second-order valence-corrected chi connectivity index (χ2v) is 18.0. The summed E-state index contributed by atoms with van der Waals surface area (Å²) in [6, 6.07) is -1.15. The quantitative estimate of drug-likeness (QED) is 0.0277. The third kappa shape index (κ3) is 39.3. The Hall–Kier alpha value is -0.960. The Morgan fingerprint density at radius 1 is 0.481 bits per heavy atom. The summed E-state index contributed by atoms with van der Waals surface area (Å²) in [6.07, 6.45) is 46.6. The van der Waals surface area contributed by atoms with Crippen molar-refractivity contribution in [1.29, 1.82) is 0 Å². The average molecular weight is 786 g/mol. The first-order valence-corrected chi connectivity index (χ1v) is 25.1. The number of carbonyl (C=O) groups is 1. The fraction of sp³-hybridized carbons (Fsp3) is 0.935. The molecule has 0 radical (unpaired) electrons. The standard InChI is InChI=1S/C46H91NO6S/c1-3-5-7-9-11-13-15-17-19-21-22-23-24-25-27-29-31-33-35-37-39-41-45(49)46(50)47-43(42-54(51,52)53)44(48)40-38-36-34-32-30-28-26-20-18-16-14-12-10-8-6-4-2/h24-25,43-45,48-49H,3-23,26-42H2,1-2H3,(H,47,50)(H,51,52,53)/b25-24-. The van der Waals surface area contributed by atoms with Gasteiger partial charge >= 0.3 is 0 Å². The molecule has 0 aliphatic carbocycles. The minimum atomic E-state index is -4.41. The summed E-state index contributed by atoms with van der Waals surface area (Å²) >= 11 is 0. The fourth-order valence-corrected chi connectivity index (χ4v) is 8.22. The fourth-order valence-electron chi connectivity index (χ4n) is 7.46. The van der Waals surface area contributed by atoms with E-state index in [1.807, 2.05) is 0 Å². The second-order valence-electron chi connectivity index (χ2n) is 16.5. The molecule has 0 aromatic carbocycles. The average Bonchev–Trinajstić information content (AvgIpc) is 3.14. The van der Waals surface area contributed by atoms with Crippen molar-refractivity contribution in [2.24, 2.45) is 0 Å². The molecule has 0 heterocycles. The Morgan fingerprint density at radius 2 is 0.778 bits per heavy atom. The molecule has 0 aliphatic rings. The van der Waals surface area contributed by atoms with Gasteiger partial charge in [0.2, 0.25) is 5.91 Å². The number of nitrogens with one attached hydrogen (secondary N) is 1. The normalized spacial score (nSPS) is 13.8. The maximum absolute atomic E-state index is 12.7. The van der Waals surface area contributed by atoms with Gasteiger partial charge in [-0.2, -0.15) is 8.42 Å². The molecule has 0 spiro atoms. The van der Waals surface area contributed by atoms with Crippen LogP contribution in [0.5, 0.6) is 0 Å². The van der Waals surface area contributed by atoms with Gasteiger partial charge < -0.3 is 15.5 Å². The van der Waals surface area contributed by atoms with Crippen LogP contribution in [0, 0.1) is 0 Å². The molecule has 8 heteroatoms. The number of allylic oxidation sites excluding steroid dienone is 2. The van der Waals surface area contributed by atoms with Crippen molar-refractivity contribution in [3.05, 3.63) is 12.2 Å². The first-order valence-electron chi connectivity index (χ1n) is 23.5. The van der Waals surface area contributed by atoms with Gasteiger partial charge in [-0.1, -0.05) is 225 Å². The molecule has 3 atom stereocenters. The first kappa shape index (κ1) is 53.0. The summed E-state index contributed by atoms with van der Waals surface area (Å²) < 4.78 is 32.7. The monoisotopic (exact) mass is 786 g/mol. The Bertz CT molecular complexity index is 926. The molecule has 0 saturated heterocycles. The van der Waals surface area contributed by atoms with Crippen LogP contribution in [0.3, 0.4) is 0 Å². The molecular formula is C46H91NO6S. The van der Waals surface area contributed by atoms with Gasteiger partial charge in [0, 0.05) is 0 Å². The van der Waals surface area contributed by atoms with E-state index in [0.717, 1.165) is 51.4 Å². The lowest BCUT2D eigenvalue weighted by Gasteiger charge is -2.24. The highest BCUT2D eigenvalue weighted by Crippen LogP contribution is 2.17. The lowest BCUT2D eigenvalue weighted by Crippen LogP contribution is -2.50. The third-order valence-electron chi connectivity index (χ3n) is 11.1. The van der Waals surface area contributed by atoms with Crippen LogP contribution in [-0.4, -0.2) is 53.1 Å². The van der Waals surface area contributed by atoms with Crippen LogP contribution in [0.1, 0.15) is 251 Å². The number of aliphatic hydroxyl groups is 2. The second kappa shape index (κ2) is 40.2. The number of amides is 1. The largest absolute Gasteiger partial charge is 0.391 e. The van der Waals surface area contributed by atoms with Gasteiger partial charge in [-0.05, 0) is 38.5 Å². The van der Waals surface area contributed by atoms with Crippen molar-refractivity contribution in [2.75, 3.05) is 5.75 Å². The van der Waals surface area contributed by atoms with E-state index in [2.05, 4.69) is 31.3 Å². The molecule has 1 amide bonds. The van der Waals surface area contributed by atoms with Gasteiger partial charge in [-0.15, -0.1) is 0 Å². The Morgan fingerprint density at radius 3 is 1.11 bits per heavy atom. The highest BCUT2D eigenvalue weighted by molar-refractivity contribution is 7.85. The topological polar surface area (TPSA) is 124 Å². The molecule has 3 unspecified atom stereocenters. The Labute approximate surface area is 335 Å². The number of carbonyl (C=O) groups excluding carboxylic acids is 1. The van der Waals surface area contributed by atoms with E-state index in [4.69, 9.17) is 0 Å². The van der Waals surface area contributed by atoms with Crippen molar-refractivity contribution in [1.82, 2.24) is 5.32 Å². The molecule has 0 bridgehead atoms. The van der Waals surface area contributed by atoms with E-state index in [1.54, 1.807) is 0 Å². The van der Waals surface area contributed by atoms with E-state index < -0.39 is 40.0 Å². The zero-order chi connectivity index (χ0) is 39.8. The minimum Gasteiger partial charge on any atom is -0.391 e. The van der Waals surface area contributed by atoms with Gasteiger partial charge in [0.15, 0.2) is 0 Å². The summed E-state index contributed by atoms with van der Waals surface area (Å²) in [5.74, 6) is -1.45. The molecule has 322 valence electrons. The SMILES string of the molecule is CCCCCCCCCCCCC/C=C\CCCCCCCCC(O)C(=O)NC(CS(=O)(=O)O)C(O)CCCCCCCCCCCCCCCCCC. The predicted molar refractivity (Wildman–Crippen MR) is 232 cm³/mol. The summed E-state index contributed by atoms with van der Waals surface area (Å²) in [6.45, 7) is 4.53. The lowest BCUT2D eigenvalue weighted by molar-refractivity contribution is -0.131. The minimum absolute atomic E-state index is 0.293. The molecule has 0 aliphatic heterocycles. The molecule has 0 saturated carbocycles. The third-order valence-corrected chi connectivity index (χ3v) is 11.9. The van der Waals surface area contributed by atoms with Crippen LogP contribution in [0.4, 0.5) is 0 Å². The van der Waals surface area contributed by atoms with Crippen LogP contribution >= 0.6 is 0 Å². The van der Waals surface area contributed by atoms with E-state index in [1.165, 1.54) is 167 Å². The first-order chi connectivity index (χ1) is 26.2. The smallest absolute Gasteiger partial charge is 0.266 e. The van der Waals surface area contributed by atoms with E-state index in [0.29, 0.717) is 19.3 Å². The van der Waals surface area contributed by atoms with Crippen LogP contribution in [-0.2, 0) is 14.9 Å². The highest BCUT2D eigenvalue weighted by Gasteiger charge is 2.28. The predicted octanol–water partition coefficient (Wildman–Crippen LogP) is 13.1. The summed E-state index contributed by atoms with van der Waals surface area (Å²) in [5.41, 5.74) is 0. The highest BCUT2D eigenvalue weighted by atomic mass is 32.2. The number of aliphatic hydroxyl groups excluding tert-OH is 2. The molecule has 0 fully saturated rings. The Kier molecular flexibility index (Phi) is 39.5. The van der Waals surface area contributed by atoms with Crippen molar-refractivity contribution < 1.29 is 28.0 Å². The summed E-state index contributed by atoms with van der Waals surface area (Å²) in [7, 11) is -4.41. The molecule has 0 aromatic heterocycles. The van der Waals surface area contributed by atoms with E-state index in [-0.39, 0.29) is 0 Å². The molecule has 0 aromatic rings. The lowest BCUT2D eigenvalue weighted by atomic mass is 10.0. The molecule has 54 heavy (non-hydrogen) atoms. The van der Waals surface area contributed by atoms with Crippen LogP contribution < -0.4 is 5.32 Å². The maximum Gasteiger partial charge on any atom is 0.266 e. The zero-order valence-corrected chi connectivity index (χ0v) is 36.5. The van der Waals surface area contributed by atoms with Crippen molar-refractivity contribution in [3.8, 4) is 0 Å². The van der Waals surface area contributed by atoms with Crippen LogP contribution in [0.25, 0.3) is 0 Å². The number of unbranched alkanes of at least 4 members (excludes halogenated alkanes) is 32. The zero-order valence-electron chi connectivity index (χ0n) is 35.7. The number of rotatable bonds is 43. The van der Waals surface area contributed by atoms with Gasteiger partial charge in [0.1, 0.15) is 6.10 Å². The van der Waals surface area contributed by atoms with Gasteiger partial charge in [-0.25, -0.2) is 0 Å². The van der Waals surface area contributed by atoms with Gasteiger partial charge in [0.25, 0.3) is 10.1 Å². The summed E-state index contributed by atoms with van der Waals surface area (Å²) in [4.78, 5) is 12.7.